The molecule has 0 aliphatic carbocycles. The number of imidazole rings is 1. The summed E-state index contributed by atoms with van der Waals surface area (Å²) in [5.74, 6) is 1.32. The van der Waals surface area contributed by atoms with Gasteiger partial charge in [-0.3, -0.25) is 9.78 Å². The maximum atomic E-state index is 11.7. The minimum Gasteiger partial charge on any atom is -0.343 e. The predicted molar refractivity (Wildman–Crippen MR) is 78.5 cm³/mol. The Hall–Kier alpha value is -2.24. The van der Waals surface area contributed by atoms with E-state index in [1.54, 1.807) is 24.8 Å². The topological polar surface area (TPSA) is 74.8 Å². The number of carbonyl (C=O) groups excluding carboxylic acids is 1. The summed E-state index contributed by atoms with van der Waals surface area (Å²) in [6.07, 6.45) is 9.36. The Labute approximate surface area is 123 Å². The van der Waals surface area contributed by atoms with Gasteiger partial charge >= 0.3 is 0 Å². The third-order valence-electron chi connectivity index (χ3n) is 3.99. The normalized spacial score (nSPS) is 16.1. The van der Waals surface area contributed by atoms with E-state index in [1.165, 1.54) is 0 Å². The van der Waals surface area contributed by atoms with E-state index in [-0.39, 0.29) is 5.91 Å². The summed E-state index contributed by atoms with van der Waals surface area (Å²) in [5.41, 5.74) is 1.80. The molecule has 0 aromatic carbocycles. The zero-order chi connectivity index (χ0) is 14.7. The average Bonchev–Trinajstić information content (AvgIpc) is 3.08. The van der Waals surface area contributed by atoms with Gasteiger partial charge < -0.3 is 9.88 Å². The van der Waals surface area contributed by atoms with Crippen LogP contribution in [0, 0.1) is 0 Å². The van der Waals surface area contributed by atoms with Crippen LogP contribution in [0.5, 0.6) is 0 Å². The number of nitrogens with one attached hydrogen (secondary N) is 1. The van der Waals surface area contributed by atoms with Crippen molar-refractivity contribution < 1.29 is 4.79 Å². The van der Waals surface area contributed by atoms with E-state index in [2.05, 4.69) is 19.9 Å². The summed E-state index contributed by atoms with van der Waals surface area (Å²) in [4.78, 5) is 30.0. The second-order valence-electron chi connectivity index (χ2n) is 5.24. The molecule has 0 bridgehead atoms. The van der Waals surface area contributed by atoms with Gasteiger partial charge in [0.1, 0.15) is 5.69 Å². The van der Waals surface area contributed by atoms with Gasteiger partial charge in [0, 0.05) is 50.2 Å². The van der Waals surface area contributed by atoms with E-state index in [1.807, 2.05) is 11.8 Å². The molecule has 0 spiro atoms. The van der Waals surface area contributed by atoms with Crippen LogP contribution in [0.25, 0.3) is 11.5 Å². The molecule has 3 heterocycles. The van der Waals surface area contributed by atoms with Crippen LogP contribution in [0.15, 0.2) is 24.8 Å². The van der Waals surface area contributed by atoms with Gasteiger partial charge in [0.15, 0.2) is 5.82 Å². The summed E-state index contributed by atoms with van der Waals surface area (Å²) in [5, 5.41) is 0. The number of aromatic nitrogens is 4. The molecule has 6 nitrogen and oxygen atoms in total. The minimum atomic E-state index is 0.235. The fraction of sp³-hybridized carbons (Fsp3) is 0.467. The van der Waals surface area contributed by atoms with Crippen molar-refractivity contribution in [2.75, 3.05) is 13.1 Å². The van der Waals surface area contributed by atoms with Crippen molar-refractivity contribution in [2.45, 2.75) is 32.1 Å². The van der Waals surface area contributed by atoms with Gasteiger partial charge in [0.25, 0.3) is 0 Å². The largest absolute Gasteiger partial charge is 0.343 e. The zero-order valence-electron chi connectivity index (χ0n) is 12.1. The lowest BCUT2D eigenvalue weighted by molar-refractivity contribution is -0.131. The number of hydrogen-bond donors (Lipinski definition) is 1. The van der Waals surface area contributed by atoms with Crippen LogP contribution in [0.4, 0.5) is 0 Å². The molecule has 1 amide bonds. The number of rotatable bonds is 3. The molecule has 0 unspecified atom stereocenters. The molecule has 21 heavy (non-hydrogen) atoms. The number of H-pyrrole nitrogens is 1. The van der Waals surface area contributed by atoms with Gasteiger partial charge in [-0.1, -0.05) is 6.92 Å². The lowest BCUT2D eigenvalue weighted by atomic mass is 9.91. The molecule has 1 N–H and O–H groups in total. The van der Waals surface area contributed by atoms with Crippen molar-refractivity contribution in [3.63, 3.8) is 0 Å². The Bertz CT molecular complexity index is 602. The van der Waals surface area contributed by atoms with Crippen molar-refractivity contribution in [3.8, 4) is 11.5 Å². The smallest absolute Gasteiger partial charge is 0.222 e. The number of hydrogen-bond acceptors (Lipinski definition) is 4. The molecule has 0 saturated carbocycles. The third kappa shape index (κ3) is 2.79. The molecule has 2 aromatic heterocycles. The molecule has 1 fully saturated rings. The van der Waals surface area contributed by atoms with Crippen LogP contribution >= 0.6 is 0 Å². The Kier molecular flexibility index (Phi) is 3.94. The van der Waals surface area contributed by atoms with Gasteiger partial charge in [-0.15, -0.1) is 0 Å². The van der Waals surface area contributed by atoms with E-state index in [0.717, 1.165) is 43.1 Å². The highest BCUT2D eigenvalue weighted by atomic mass is 16.2. The molecule has 6 heteroatoms. The molecule has 3 rings (SSSR count). The van der Waals surface area contributed by atoms with Gasteiger partial charge in [0.05, 0.1) is 5.69 Å². The summed E-state index contributed by atoms with van der Waals surface area (Å²) in [7, 11) is 0. The third-order valence-corrected chi connectivity index (χ3v) is 3.99. The van der Waals surface area contributed by atoms with Gasteiger partial charge in [-0.25, -0.2) is 9.97 Å². The highest BCUT2D eigenvalue weighted by molar-refractivity contribution is 5.75. The number of aromatic amines is 1. The predicted octanol–water partition coefficient (Wildman–Crippen LogP) is 1.98. The second-order valence-corrected chi connectivity index (χ2v) is 5.24. The summed E-state index contributed by atoms with van der Waals surface area (Å²) in [6.45, 7) is 3.50. The van der Waals surface area contributed by atoms with Crippen molar-refractivity contribution in [1.82, 2.24) is 24.8 Å². The van der Waals surface area contributed by atoms with Gasteiger partial charge in [0.2, 0.25) is 5.91 Å². The lowest BCUT2D eigenvalue weighted by Gasteiger charge is -2.32. The standard InChI is InChI=1S/C15H19N5O/c1-2-12(21)20-9-3-11(4-10-20)13-14(17-6-5-16-13)15-18-7-8-19-15/h5-8,11H,2-4,9-10H2,1H3,(H,18,19). The number of carbonyl (C=O) groups is 1. The quantitative estimate of drug-likeness (QED) is 0.935. The number of likely N-dealkylation sites (tertiary alicyclic amines) is 1. The van der Waals surface area contributed by atoms with Gasteiger partial charge in [-0.05, 0) is 12.8 Å². The van der Waals surface area contributed by atoms with Crippen LogP contribution in [0.3, 0.4) is 0 Å². The molecule has 2 aromatic rings. The first kappa shape index (κ1) is 13.7. The first-order valence-corrected chi connectivity index (χ1v) is 7.38. The summed E-state index contributed by atoms with van der Waals surface area (Å²) >= 11 is 0. The Morgan fingerprint density at radius 2 is 2.00 bits per heavy atom. The summed E-state index contributed by atoms with van der Waals surface area (Å²) in [6, 6.07) is 0. The number of piperidine rings is 1. The molecule has 1 aliphatic rings. The average molecular weight is 285 g/mol. The van der Waals surface area contributed by atoms with Crippen molar-refractivity contribution in [3.05, 3.63) is 30.5 Å². The summed E-state index contributed by atoms with van der Waals surface area (Å²) < 4.78 is 0. The molecule has 0 atom stereocenters. The lowest BCUT2D eigenvalue weighted by Crippen LogP contribution is -2.37. The van der Waals surface area contributed by atoms with E-state index < -0.39 is 0 Å². The fourth-order valence-corrected chi connectivity index (χ4v) is 2.85. The second kappa shape index (κ2) is 6.03. The molecular formula is C15H19N5O. The van der Waals surface area contributed by atoms with Crippen LogP contribution < -0.4 is 0 Å². The molecular weight excluding hydrogens is 266 g/mol. The minimum absolute atomic E-state index is 0.235. The van der Waals surface area contributed by atoms with Crippen LogP contribution in [-0.4, -0.2) is 43.8 Å². The van der Waals surface area contributed by atoms with Gasteiger partial charge in [-0.2, -0.15) is 0 Å². The van der Waals surface area contributed by atoms with Crippen molar-refractivity contribution >= 4 is 5.91 Å². The van der Waals surface area contributed by atoms with E-state index in [0.29, 0.717) is 12.3 Å². The van der Waals surface area contributed by atoms with Crippen molar-refractivity contribution in [2.24, 2.45) is 0 Å². The van der Waals surface area contributed by atoms with E-state index >= 15 is 0 Å². The Morgan fingerprint density at radius 3 is 2.67 bits per heavy atom. The van der Waals surface area contributed by atoms with Crippen LogP contribution in [0.2, 0.25) is 0 Å². The number of amides is 1. The fourth-order valence-electron chi connectivity index (χ4n) is 2.85. The maximum Gasteiger partial charge on any atom is 0.222 e. The molecule has 1 aliphatic heterocycles. The van der Waals surface area contributed by atoms with E-state index in [9.17, 15) is 4.79 Å². The van der Waals surface area contributed by atoms with Crippen LogP contribution in [-0.2, 0) is 4.79 Å². The number of nitrogens with zero attached hydrogens (tertiary/aromatic N) is 4. The monoisotopic (exact) mass is 285 g/mol. The van der Waals surface area contributed by atoms with Crippen LogP contribution in [0.1, 0.15) is 37.8 Å². The Balaban J connectivity index is 1.79. The first-order valence-electron chi connectivity index (χ1n) is 7.38. The highest BCUT2D eigenvalue weighted by Gasteiger charge is 2.26. The zero-order valence-corrected chi connectivity index (χ0v) is 12.1. The Morgan fingerprint density at radius 1 is 1.24 bits per heavy atom. The molecule has 1 saturated heterocycles. The van der Waals surface area contributed by atoms with E-state index in [4.69, 9.17) is 0 Å². The maximum absolute atomic E-state index is 11.7. The van der Waals surface area contributed by atoms with Crippen molar-refractivity contribution in [1.29, 1.82) is 0 Å². The molecule has 110 valence electrons. The molecule has 0 radical (unpaired) electrons. The SMILES string of the molecule is CCC(=O)N1CCC(c2nccnc2-c2ncc[nH]2)CC1. The first-order chi connectivity index (χ1) is 10.3. The highest BCUT2D eigenvalue weighted by Crippen LogP contribution is 2.31.